The molecule has 1 unspecified atom stereocenters. The normalized spacial score (nSPS) is 17.1. The average molecular weight is 495 g/mol. The Bertz CT molecular complexity index is 1430. The second-order valence-electron chi connectivity index (χ2n) is 8.16. The number of nitrogens with one attached hydrogen (secondary N) is 1. The zero-order chi connectivity index (χ0) is 25.3. The topological polar surface area (TPSA) is 82.6 Å². The molecule has 0 bridgehead atoms. The van der Waals surface area contributed by atoms with Crippen LogP contribution in [0.15, 0.2) is 73.1 Å². The Morgan fingerprint density at radius 3 is 2.58 bits per heavy atom. The van der Waals surface area contributed by atoms with E-state index in [1.54, 1.807) is 49.7 Å². The van der Waals surface area contributed by atoms with Gasteiger partial charge in [-0.3, -0.25) is 14.8 Å². The van der Waals surface area contributed by atoms with E-state index in [1.165, 1.54) is 30.5 Å². The molecule has 5 rings (SSSR count). The van der Waals surface area contributed by atoms with Gasteiger partial charge in [0.25, 0.3) is 5.91 Å². The lowest BCUT2D eigenvalue weighted by atomic mass is 9.81. The van der Waals surface area contributed by atoms with Crippen LogP contribution in [0.2, 0.25) is 0 Å². The monoisotopic (exact) mass is 495 g/mol. The molecule has 1 atom stereocenters. The van der Waals surface area contributed by atoms with Crippen molar-refractivity contribution < 1.29 is 32.2 Å². The number of rotatable bonds is 5. The highest BCUT2D eigenvalue weighted by Crippen LogP contribution is 2.41. The third kappa shape index (κ3) is 4.49. The van der Waals surface area contributed by atoms with Gasteiger partial charge in [0.2, 0.25) is 0 Å². The number of hydrogen-bond acceptors (Lipinski definition) is 6. The molecule has 3 heterocycles. The number of carbonyl (C=O) groups is 1. The minimum Gasteiger partial charge on any atom is -0.497 e. The van der Waals surface area contributed by atoms with E-state index in [9.17, 15) is 18.0 Å². The van der Waals surface area contributed by atoms with Gasteiger partial charge in [0.05, 0.1) is 24.8 Å². The van der Waals surface area contributed by atoms with Crippen molar-refractivity contribution in [3.8, 4) is 17.2 Å². The number of benzene rings is 2. The molecule has 2 aromatic heterocycles. The molecule has 0 saturated carbocycles. The van der Waals surface area contributed by atoms with E-state index < -0.39 is 17.8 Å². The second kappa shape index (κ2) is 9.03. The third-order valence-corrected chi connectivity index (χ3v) is 5.97. The van der Waals surface area contributed by atoms with E-state index in [-0.39, 0.29) is 12.4 Å². The van der Waals surface area contributed by atoms with Gasteiger partial charge in [0, 0.05) is 30.3 Å². The van der Waals surface area contributed by atoms with E-state index in [0.29, 0.717) is 40.3 Å². The van der Waals surface area contributed by atoms with Gasteiger partial charge in [-0.25, -0.2) is 0 Å². The Morgan fingerprint density at radius 2 is 1.83 bits per heavy atom. The number of fused-ring (bicyclic) bond motifs is 2. The van der Waals surface area contributed by atoms with Gasteiger partial charge in [-0.05, 0) is 48.0 Å². The van der Waals surface area contributed by atoms with Gasteiger partial charge < -0.3 is 19.5 Å². The molecule has 10 heteroatoms. The van der Waals surface area contributed by atoms with Crippen molar-refractivity contribution in [2.45, 2.75) is 18.3 Å². The number of aromatic nitrogens is 2. The Kier molecular flexibility index (Phi) is 5.87. The van der Waals surface area contributed by atoms with E-state index >= 15 is 0 Å². The molecule has 7 nitrogen and oxygen atoms in total. The number of alkyl halides is 3. The molecule has 4 aromatic rings. The lowest BCUT2D eigenvalue weighted by Gasteiger charge is -2.39. The van der Waals surface area contributed by atoms with Crippen LogP contribution in [0.4, 0.5) is 13.2 Å². The fraction of sp³-hybridized carbons (Fsp3) is 0.192. The van der Waals surface area contributed by atoms with Gasteiger partial charge in [-0.1, -0.05) is 12.1 Å². The van der Waals surface area contributed by atoms with Crippen LogP contribution in [0, 0.1) is 0 Å². The zero-order valence-electron chi connectivity index (χ0n) is 19.0. The first kappa shape index (κ1) is 23.4. The molecule has 1 aliphatic rings. The number of nitrogens with zero attached hydrogens (tertiary/aromatic N) is 2. The lowest BCUT2D eigenvalue weighted by Crippen LogP contribution is -2.50. The fourth-order valence-electron chi connectivity index (χ4n) is 4.29. The van der Waals surface area contributed by atoms with E-state index in [2.05, 4.69) is 20.0 Å². The standard InChI is InChI=1S/C26H20F3N3O4/c1-34-20-7-4-16-13-17(15-31-21(16)14-20)24(33)32-25(10-12-35-22-3-2-11-30-23(22)25)18-5-8-19(9-6-18)36-26(27,28)29/h2-9,11,13-15H,10,12H2,1H3,(H,32,33). The lowest BCUT2D eigenvalue weighted by molar-refractivity contribution is -0.274. The van der Waals surface area contributed by atoms with E-state index in [1.807, 2.05) is 0 Å². The van der Waals surface area contributed by atoms with Gasteiger partial charge in [-0.2, -0.15) is 0 Å². The summed E-state index contributed by atoms with van der Waals surface area (Å²) in [4.78, 5) is 22.4. The molecule has 0 radical (unpaired) electrons. The molecule has 0 fully saturated rings. The molecule has 0 saturated heterocycles. The van der Waals surface area contributed by atoms with Crippen LogP contribution >= 0.6 is 0 Å². The summed E-state index contributed by atoms with van der Waals surface area (Å²) >= 11 is 0. The fourth-order valence-corrected chi connectivity index (χ4v) is 4.29. The maximum Gasteiger partial charge on any atom is 0.573 e. The molecular weight excluding hydrogens is 475 g/mol. The summed E-state index contributed by atoms with van der Waals surface area (Å²) in [5, 5.41) is 3.81. The number of ether oxygens (including phenoxy) is 3. The van der Waals surface area contributed by atoms with Crippen LogP contribution < -0.4 is 19.5 Å². The summed E-state index contributed by atoms with van der Waals surface area (Å²) in [5.74, 6) is 0.335. The molecule has 0 aliphatic carbocycles. The number of hydrogen-bond donors (Lipinski definition) is 1. The highest BCUT2D eigenvalue weighted by molar-refractivity contribution is 5.98. The molecule has 36 heavy (non-hydrogen) atoms. The number of halogens is 3. The third-order valence-electron chi connectivity index (χ3n) is 5.97. The Morgan fingerprint density at radius 1 is 1.06 bits per heavy atom. The predicted octanol–water partition coefficient (Wildman–Crippen LogP) is 4.99. The summed E-state index contributed by atoms with van der Waals surface area (Å²) in [6, 6.07) is 15.9. The summed E-state index contributed by atoms with van der Waals surface area (Å²) in [6.07, 6.45) is -1.47. The van der Waals surface area contributed by atoms with E-state index in [0.717, 1.165) is 5.39 Å². The molecule has 1 N–H and O–H groups in total. The maximum atomic E-state index is 13.5. The molecule has 0 spiro atoms. The van der Waals surface area contributed by atoms with Gasteiger partial charge in [0.15, 0.2) is 0 Å². The minimum atomic E-state index is -4.81. The minimum absolute atomic E-state index is 0.259. The van der Waals surface area contributed by atoms with Crippen LogP contribution in [0.25, 0.3) is 10.9 Å². The van der Waals surface area contributed by atoms with Crippen molar-refractivity contribution in [1.82, 2.24) is 15.3 Å². The van der Waals surface area contributed by atoms with Crippen molar-refractivity contribution in [2.75, 3.05) is 13.7 Å². The van der Waals surface area contributed by atoms with Crippen LogP contribution in [-0.4, -0.2) is 36.0 Å². The first-order chi connectivity index (χ1) is 17.3. The van der Waals surface area contributed by atoms with Crippen molar-refractivity contribution in [3.63, 3.8) is 0 Å². The van der Waals surface area contributed by atoms with Crippen molar-refractivity contribution >= 4 is 16.8 Å². The molecule has 1 amide bonds. The highest BCUT2D eigenvalue weighted by atomic mass is 19.4. The van der Waals surface area contributed by atoms with Crippen LogP contribution in [0.5, 0.6) is 17.2 Å². The van der Waals surface area contributed by atoms with Gasteiger partial charge in [-0.15, -0.1) is 13.2 Å². The van der Waals surface area contributed by atoms with E-state index in [4.69, 9.17) is 9.47 Å². The molecule has 1 aliphatic heterocycles. The second-order valence-corrected chi connectivity index (χ2v) is 8.16. The summed E-state index contributed by atoms with van der Waals surface area (Å²) < 4.78 is 53.0. The van der Waals surface area contributed by atoms with Crippen molar-refractivity contribution in [3.05, 3.63) is 89.9 Å². The number of methoxy groups -OCH3 is 1. The quantitative estimate of drug-likeness (QED) is 0.420. The molecular formula is C26H20F3N3O4. The van der Waals surface area contributed by atoms with Crippen molar-refractivity contribution in [1.29, 1.82) is 0 Å². The Hall–Kier alpha value is -4.34. The van der Waals surface area contributed by atoms with Crippen LogP contribution in [0.1, 0.15) is 28.0 Å². The van der Waals surface area contributed by atoms with Crippen molar-refractivity contribution in [2.24, 2.45) is 0 Å². The average Bonchev–Trinajstić information content (AvgIpc) is 2.87. The maximum absolute atomic E-state index is 13.5. The Labute approximate surface area is 203 Å². The summed E-state index contributed by atoms with van der Waals surface area (Å²) in [7, 11) is 1.56. The van der Waals surface area contributed by atoms with Gasteiger partial charge >= 0.3 is 6.36 Å². The number of amides is 1. The van der Waals surface area contributed by atoms with Gasteiger partial charge in [0.1, 0.15) is 28.5 Å². The smallest absolute Gasteiger partial charge is 0.497 e. The van der Waals surface area contributed by atoms with Crippen LogP contribution in [-0.2, 0) is 5.54 Å². The summed E-state index contributed by atoms with van der Waals surface area (Å²) in [5.41, 5.74) is 0.809. The number of pyridine rings is 2. The Balaban J connectivity index is 1.54. The highest BCUT2D eigenvalue weighted by Gasteiger charge is 2.43. The number of carbonyl (C=O) groups excluding carboxylic acids is 1. The molecule has 184 valence electrons. The van der Waals surface area contributed by atoms with Crippen LogP contribution in [0.3, 0.4) is 0 Å². The summed E-state index contributed by atoms with van der Waals surface area (Å²) in [6.45, 7) is 0.259. The first-order valence-electron chi connectivity index (χ1n) is 11.0. The largest absolute Gasteiger partial charge is 0.573 e. The SMILES string of the molecule is COc1ccc2cc(C(=O)NC3(c4ccc(OC(F)(F)F)cc4)CCOc4cccnc43)cnc2c1. The zero-order valence-corrected chi connectivity index (χ0v) is 19.0. The molecule has 2 aromatic carbocycles. The first-order valence-corrected chi connectivity index (χ1v) is 11.0. The predicted molar refractivity (Wildman–Crippen MR) is 124 cm³/mol.